The van der Waals surface area contributed by atoms with Crippen molar-refractivity contribution < 1.29 is 9.53 Å². The van der Waals surface area contributed by atoms with E-state index in [1.54, 1.807) is 0 Å². The van der Waals surface area contributed by atoms with Gasteiger partial charge in [0, 0.05) is 6.42 Å². The van der Waals surface area contributed by atoms with Gasteiger partial charge in [0.1, 0.15) is 0 Å². The molecule has 0 radical (unpaired) electrons. The number of allylic oxidation sites excluding steroid dienone is 2. The quantitative estimate of drug-likeness (QED) is 0.274. The fraction of sp³-hybridized carbons (Fsp3) is 0.824. The van der Waals surface area contributed by atoms with Gasteiger partial charge in [-0.25, -0.2) is 0 Å². The van der Waals surface area contributed by atoms with Gasteiger partial charge in [0.15, 0.2) is 0 Å². The predicted molar refractivity (Wildman–Crippen MR) is 82.2 cm³/mol. The Labute approximate surface area is 119 Å². The van der Waals surface area contributed by atoms with Crippen LogP contribution < -0.4 is 0 Å². The highest BCUT2D eigenvalue weighted by Crippen LogP contribution is 2.09. The number of ether oxygens (including phenoxy) is 1. The molecule has 0 aromatic rings. The molecule has 0 rings (SSSR count). The van der Waals surface area contributed by atoms with Crippen molar-refractivity contribution in [2.45, 2.75) is 78.1 Å². The van der Waals surface area contributed by atoms with Gasteiger partial charge in [-0.3, -0.25) is 4.79 Å². The second-order valence-corrected chi connectivity index (χ2v) is 5.68. The molecule has 0 bridgehead atoms. The minimum Gasteiger partial charge on any atom is -0.469 e. The molecule has 0 atom stereocenters. The van der Waals surface area contributed by atoms with Crippen molar-refractivity contribution in [1.29, 1.82) is 0 Å². The third-order valence-corrected chi connectivity index (χ3v) is 3.30. The summed E-state index contributed by atoms with van der Waals surface area (Å²) < 4.78 is 4.61. The molecule has 0 fully saturated rings. The van der Waals surface area contributed by atoms with Gasteiger partial charge >= 0.3 is 5.97 Å². The average molecular weight is 268 g/mol. The summed E-state index contributed by atoms with van der Waals surface area (Å²) >= 11 is 0. The lowest BCUT2D eigenvalue weighted by Gasteiger charge is -2.01. The van der Waals surface area contributed by atoms with E-state index in [2.05, 4.69) is 30.7 Å². The zero-order valence-electron chi connectivity index (χ0n) is 13.1. The van der Waals surface area contributed by atoms with Gasteiger partial charge in [0.2, 0.25) is 0 Å². The fourth-order valence-electron chi connectivity index (χ4n) is 2.04. The number of hydrogen-bond donors (Lipinski definition) is 0. The summed E-state index contributed by atoms with van der Waals surface area (Å²) in [4.78, 5) is 10.9. The van der Waals surface area contributed by atoms with Crippen LogP contribution in [0, 0.1) is 5.92 Å². The van der Waals surface area contributed by atoms with Crippen LogP contribution >= 0.6 is 0 Å². The normalized spacial score (nSPS) is 11.4. The van der Waals surface area contributed by atoms with E-state index in [4.69, 9.17) is 0 Å². The second kappa shape index (κ2) is 13.6. The number of hydrogen-bond acceptors (Lipinski definition) is 2. The first kappa shape index (κ1) is 18.2. The molecule has 19 heavy (non-hydrogen) atoms. The molecule has 0 saturated carbocycles. The molecule has 0 saturated heterocycles. The summed E-state index contributed by atoms with van der Waals surface area (Å²) in [5.41, 5.74) is 0. The Bertz CT molecular complexity index is 231. The second-order valence-electron chi connectivity index (χ2n) is 5.68. The molecule has 112 valence electrons. The van der Waals surface area contributed by atoms with E-state index in [-0.39, 0.29) is 5.97 Å². The van der Waals surface area contributed by atoms with E-state index in [1.165, 1.54) is 52.1 Å². The molecule has 0 aliphatic heterocycles. The molecule has 0 N–H and O–H groups in total. The molecular weight excluding hydrogens is 236 g/mol. The summed E-state index contributed by atoms with van der Waals surface area (Å²) in [6, 6.07) is 0. The summed E-state index contributed by atoms with van der Waals surface area (Å²) in [7, 11) is 1.45. The highest BCUT2D eigenvalue weighted by Gasteiger charge is 1.98. The number of unbranched alkanes of at least 4 members (excludes halogenated alkanes) is 6. The molecule has 2 nitrogen and oxygen atoms in total. The minimum atomic E-state index is -0.0793. The smallest absolute Gasteiger partial charge is 0.305 e. The minimum absolute atomic E-state index is 0.0793. The van der Waals surface area contributed by atoms with Gasteiger partial charge in [-0.05, 0) is 38.0 Å². The molecule has 0 aliphatic carbocycles. The Morgan fingerprint density at radius 2 is 1.53 bits per heavy atom. The van der Waals surface area contributed by atoms with Gasteiger partial charge in [0.25, 0.3) is 0 Å². The predicted octanol–water partition coefficient (Wildman–Crippen LogP) is 5.27. The Morgan fingerprint density at radius 3 is 2.16 bits per heavy atom. The lowest BCUT2D eigenvalue weighted by atomic mass is 10.1. The molecule has 0 heterocycles. The number of esters is 1. The summed E-state index contributed by atoms with van der Waals surface area (Å²) in [6.45, 7) is 4.56. The molecule has 0 spiro atoms. The Hall–Kier alpha value is -0.790. The van der Waals surface area contributed by atoms with Crippen LogP contribution in [0.5, 0.6) is 0 Å². The van der Waals surface area contributed by atoms with E-state index in [0.29, 0.717) is 6.42 Å². The van der Waals surface area contributed by atoms with E-state index in [9.17, 15) is 4.79 Å². The number of carbonyl (C=O) groups is 1. The van der Waals surface area contributed by atoms with Crippen molar-refractivity contribution in [2.75, 3.05) is 7.11 Å². The molecule has 0 unspecified atom stereocenters. The molecule has 0 aliphatic rings. The summed E-state index contributed by atoms with van der Waals surface area (Å²) in [5.74, 6) is 0.753. The first-order valence-electron chi connectivity index (χ1n) is 7.88. The molecule has 2 heteroatoms. The van der Waals surface area contributed by atoms with Crippen LogP contribution in [-0.4, -0.2) is 13.1 Å². The van der Waals surface area contributed by atoms with Gasteiger partial charge in [0.05, 0.1) is 7.11 Å². The van der Waals surface area contributed by atoms with Crippen LogP contribution in [0.1, 0.15) is 78.1 Å². The van der Waals surface area contributed by atoms with Gasteiger partial charge < -0.3 is 4.74 Å². The van der Waals surface area contributed by atoms with Gasteiger partial charge in [-0.1, -0.05) is 51.7 Å². The monoisotopic (exact) mass is 268 g/mol. The standard InChI is InChI=1S/C17H32O2/c1-16(2)14-12-10-8-6-4-5-7-9-11-13-15-17(18)19-3/h6,8,16H,4-5,7,9-15H2,1-3H3/b8-6+. The maximum atomic E-state index is 10.9. The van der Waals surface area contributed by atoms with Crippen molar-refractivity contribution in [2.24, 2.45) is 5.92 Å². The first-order valence-corrected chi connectivity index (χ1v) is 7.88. The molecule has 0 aromatic carbocycles. The maximum Gasteiger partial charge on any atom is 0.305 e. The third kappa shape index (κ3) is 15.2. The summed E-state index contributed by atoms with van der Waals surface area (Å²) in [5, 5.41) is 0. The molecular formula is C17H32O2. The van der Waals surface area contributed by atoms with Crippen LogP contribution in [-0.2, 0) is 9.53 Å². The summed E-state index contributed by atoms with van der Waals surface area (Å²) in [6.07, 6.45) is 16.2. The van der Waals surface area contributed by atoms with Crippen molar-refractivity contribution in [3.05, 3.63) is 12.2 Å². The van der Waals surface area contributed by atoms with Crippen molar-refractivity contribution in [1.82, 2.24) is 0 Å². The lowest BCUT2D eigenvalue weighted by Crippen LogP contribution is -1.98. The Morgan fingerprint density at radius 1 is 0.947 bits per heavy atom. The van der Waals surface area contributed by atoms with Crippen LogP contribution in [0.25, 0.3) is 0 Å². The Balaban J connectivity index is 3.14. The van der Waals surface area contributed by atoms with Crippen LogP contribution in [0.4, 0.5) is 0 Å². The van der Waals surface area contributed by atoms with Crippen LogP contribution in [0.3, 0.4) is 0 Å². The average Bonchev–Trinajstić information content (AvgIpc) is 2.39. The van der Waals surface area contributed by atoms with Crippen LogP contribution in [0.2, 0.25) is 0 Å². The molecule has 0 amide bonds. The number of methoxy groups -OCH3 is 1. The Kier molecular flexibility index (Phi) is 13.1. The lowest BCUT2D eigenvalue weighted by molar-refractivity contribution is -0.140. The van der Waals surface area contributed by atoms with E-state index >= 15 is 0 Å². The molecule has 0 aromatic heterocycles. The highest BCUT2D eigenvalue weighted by molar-refractivity contribution is 5.68. The van der Waals surface area contributed by atoms with E-state index in [1.807, 2.05) is 0 Å². The van der Waals surface area contributed by atoms with Crippen LogP contribution in [0.15, 0.2) is 12.2 Å². The topological polar surface area (TPSA) is 26.3 Å². The van der Waals surface area contributed by atoms with Gasteiger partial charge in [-0.15, -0.1) is 0 Å². The van der Waals surface area contributed by atoms with Crippen molar-refractivity contribution in [3.63, 3.8) is 0 Å². The van der Waals surface area contributed by atoms with Gasteiger partial charge in [-0.2, -0.15) is 0 Å². The first-order chi connectivity index (χ1) is 9.16. The van der Waals surface area contributed by atoms with E-state index < -0.39 is 0 Å². The van der Waals surface area contributed by atoms with E-state index in [0.717, 1.165) is 18.8 Å². The van der Waals surface area contributed by atoms with Crippen molar-refractivity contribution >= 4 is 5.97 Å². The zero-order valence-corrected chi connectivity index (χ0v) is 13.1. The fourth-order valence-corrected chi connectivity index (χ4v) is 2.04. The number of carbonyl (C=O) groups excluding carboxylic acids is 1. The number of rotatable bonds is 12. The maximum absolute atomic E-state index is 10.9. The third-order valence-electron chi connectivity index (χ3n) is 3.30. The largest absolute Gasteiger partial charge is 0.469 e. The highest BCUT2D eigenvalue weighted by atomic mass is 16.5. The van der Waals surface area contributed by atoms with Crippen molar-refractivity contribution in [3.8, 4) is 0 Å². The zero-order chi connectivity index (χ0) is 14.3. The SMILES string of the molecule is COC(=O)CCCCCCC/C=C/CCCC(C)C.